The van der Waals surface area contributed by atoms with Crippen molar-refractivity contribution in [1.29, 1.82) is 0 Å². The molecule has 2 fully saturated rings. The molecule has 306 valence electrons. The fourth-order valence-corrected chi connectivity index (χ4v) is 7.66. The van der Waals surface area contributed by atoms with Crippen molar-refractivity contribution in [3.63, 3.8) is 0 Å². The molecule has 0 saturated carbocycles. The number of rotatable bonds is 11. The van der Waals surface area contributed by atoms with Crippen LogP contribution in [0, 0.1) is 17.8 Å². The first-order valence-corrected chi connectivity index (χ1v) is 18.9. The van der Waals surface area contributed by atoms with Crippen LogP contribution in [-0.4, -0.2) is 150 Å². The third-order valence-corrected chi connectivity index (χ3v) is 10.4. The van der Waals surface area contributed by atoms with E-state index < -0.39 is 110 Å². The van der Waals surface area contributed by atoms with Crippen LogP contribution in [0.5, 0.6) is 0 Å². The van der Waals surface area contributed by atoms with Crippen molar-refractivity contribution in [3.8, 4) is 0 Å². The first-order chi connectivity index (χ1) is 24.8. The van der Waals surface area contributed by atoms with Gasteiger partial charge in [-0.2, -0.15) is 0 Å². The molecule has 3 rings (SSSR count). The molecule has 0 aliphatic carbocycles. The number of aliphatic hydroxyl groups excluding tert-OH is 3. The molecular weight excluding hydrogens is 694 g/mol. The van der Waals surface area contributed by atoms with E-state index in [1.807, 2.05) is 20.8 Å². The summed E-state index contributed by atoms with van der Waals surface area (Å²) in [6.45, 7) is 12.3. The third-order valence-electron chi connectivity index (χ3n) is 10.4. The number of nitrogens with zero attached hydrogens (tertiary/aromatic N) is 1. The Hall–Kier alpha value is -2.05. The van der Waals surface area contributed by atoms with Gasteiger partial charge in [0, 0.05) is 32.8 Å². The van der Waals surface area contributed by atoms with Crippen LogP contribution in [0.3, 0.4) is 0 Å². The summed E-state index contributed by atoms with van der Waals surface area (Å²) in [5.74, 6) is -2.00. The van der Waals surface area contributed by atoms with Crippen LogP contribution in [0.2, 0.25) is 0 Å². The number of carbonyl (C=O) groups excluding carboxylic acids is 3. The van der Waals surface area contributed by atoms with Crippen molar-refractivity contribution >= 4 is 18.2 Å². The maximum absolute atomic E-state index is 12.8. The minimum atomic E-state index is -1.48. The molecule has 15 nitrogen and oxygen atoms in total. The van der Waals surface area contributed by atoms with Gasteiger partial charge < -0.3 is 63.3 Å². The lowest BCUT2D eigenvalue weighted by Gasteiger charge is -2.50. The van der Waals surface area contributed by atoms with Crippen LogP contribution in [0.1, 0.15) is 87.0 Å². The summed E-state index contributed by atoms with van der Waals surface area (Å²) < 4.78 is 42.2. The fraction of sp³-hybridized carbons (Fsp3) is 0.868. The van der Waals surface area contributed by atoms with Gasteiger partial charge in [0.15, 0.2) is 18.7 Å². The molecule has 0 amide bonds. The SMILES string of the molecule is CO[C@@H]1C(O[C@@H]2O[C@H](C)[C@@H](O[C@H]3C[C@@](C)(O)[C@@H](OC(=O)CC(C)C)[C@H](C)O3)[C@H](N(C)C)[C@H]2O)[C@@H](CC=O)C[C@@H](C)[C@@H](O)/C=C/C[C@@H](C)OC(=O)C[C@H]1O. The van der Waals surface area contributed by atoms with Crippen LogP contribution >= 0.6 is 0 Å². The van der Waals surface area contributed by atoms with E-state index in [2.05, 4.69) is 0 Å². The Morgan fingerprint density at radius 2 is 1.74 bits per heavy atom. The maximum Gasteiger partial charge on any atom is 0.308 e. The minimum absolute atomic E-state index is 0.0281. The molecule has 0 bridgehead atoms. The van der Waals surface area contributed by atoms with Gasteiger partial charge in [0.2, 0.25) is 0 Å². The second-order valence-corrected chi connectivity index (χ2v) is 16.0. The van der Waals surface area contributed by atoms with E-state index in [9.17, 15) is 34.8 Å². The lowest BCUT2D eigenvalue weighted by molar-refractivity contribution is -0.344. The summed E-state index contributed by atoms with van der Waals surface area (Å²) >= 11 is 0. The maximum atomic E-state index is 12.8. The van der Waals surface area contributed by atoms with Crippen molar-refractivity contribution in [3.05, 3.63) is 12.2 Å². The number of hydrogen-bond donors (Lipinski definition) is 4. The molecule has 0 spiro atoms. The quantitative estimate of drug-likeness (QED) is 0.135. The van der Waals surface area contributed by atoms with Crippen molar-refractivity contribution < 1.29 is 68.0 Å². The van der Waals surface area contributed by atoms with Crippen molar-refractivity contribution in [1.82, 2.24) is 4.90 Å². The van der Waals surface area contributed by atoms with Crippen LogP contribution in [0.15, 0.2) is 12.2 Å². The molecule has 3 aliphatic heterocycles. The molecule has 0 aromatic carbocycles. The predicted octanol–water partition coefficient (Wildman–Crippen LogP) is 1.89. The van der Waals surface area contributed by atoms with E-state index in [0.717, 1.165) is 6.29 Å². The number of likely N-dealkylation sites (N-methyl/N-ethyl adjacent to an activating group) is 1. The molecule has 15 heteroatoms. The van der Waals surface area contributed by atoms with Gasteiger partial charge in [-0.05, 0) is 66.0 Å². The van der Waals surface area contributed by atoms with Gasteiger partial charge in [0.05, 0.1) is 43.0 Å². The zero-order chi connectivity index (χ0) is 39.8. The number of esters is 2. The fourth-order valence-electron chi connectivity index (χ4n) is 7.66. The average molecular weight is 760 g/mol. The standard InChI is InChI=1S/C38H65NO14/c1-20(2)16-28(43)51-36-24(6)49-30(19-38(36,7)46)52-33-23(5)50-37(32(45)31(33)39(8)9)53-34-25(14-15-40)17-21(3)26(41)13-11-12-22(4)48-29(44)18-27(42)35(34)47-10/h11,13,15,20-27,30-37,41-42,45-46H,12,14,16-19H2,1-10H3/b13-11+/t21-,22-,23-,24+,25+,26+,27-,30+,31-,32-,33-,34?,35+,36+,37+,38-/m1/s1. The summed E-state index contributed by atoms with van der Waals surface area (Å²) in [7, 11) is 4.86. The van der Waals surface area contributed by atoms with Gasteiger partial charge in [0.25, 0.3) is 0 Å². The van der Waals surface area contributed by atoms with E-state index in [-0.39, 0.29) is 37.5 Å². The second kappa shape index (κ2) is 20.2. The van der Waals surface area contributed by atoms with Crippen molar-refractivity contribution in [2.45, 2.75) is 172 Å². The highest BCUT2D eigenvalue weighted by molar-refractivity contribution is 5.70. The van der Waals surface area contributed by atoms with Gasteiger partial charge >= 0.3 is 11.9 Å². The van der Waals surface area contributed by atoms with Crippen LogP contribution in [0.25, 0.3) is 0 Å². The lowest BCUT2D eigenvalue weighted by Crippen LogP contribution is -2.66. The average Bonchev–Trinajstić information content (AvgIpc) is 3.03. The molecule has 53 heavy (non-hydrogen) atoms. The number of cyclic esters (lactones) is 1. The molecule has 4 N–H and O–H groups in total. The first kappa shape index (κ1) is 45.3. The zero-order valence-electron chi connectivity index (χ0n) is 33.0. The Balaban J connectivity index is 1.88. The molecule has 2 saturated heterocycles. The molecule has 0 radical (unpaired) electrons. The minimum Gasteiger partial charge on any atom is -0.462 e. The number of aldehydes is 1. The summed E-state index contributed by atoms with van der Waals surface area (Å²) in [6.07, 6.45) is -7.38. The Morgan fingerprint density at radius 1 is 1.06 bits per heavy atom. The molecule has 16 atom stereocenters. The van der Waals surface area contributed by atoms with Gasteiger partial charge in [-0.15, -0.1) is 0 Å². The smallest absolute Gasteiger partial charge is 0.308 e. The van der Waals surface area contributed by atoms with E-state index >= 15 is 0 Å². The van der Waals surface area contributed by atoms with Gasteiger partial charge in [-0.1, -0.05) is 32.9 Å². The Morgan fingerprint density at radius 3 is 2.32 bits per heavy atom. The topological polar surface area (TPSA) is 200 Å². The number of methoxy groups -OCH3 is 1. The number of hydrogen-bond acceptors (Lipinski definition) is 15. The normalized spacial score (nSPS) is 42.8. The summed E-state index contributed by atoms with van der Waals surface area (Å²) in [6, 6.07) is -0.745. The van der Waals surface area contributed by atoms with Crippen molar-refractivity contribution in [2.75, 3.05) is 21.2 Å². The third kappa shape index (κ3) is 12.5. The van der Waals surface area contributed by atoms with E-state index in [0.29, 0.717) is 6.42 Å². The van der Waals surface area contributed by atoms with Gasteiger partial charge in [-0.3, -0.25) is 9.59 Å². The van der Waals surface area contributed by atoms with Gasteiger partial charge in [0.1, 0.15) is 36.3 Å². The van der Waals surface area contributed by atoms with Crippen LogP contribution < -0.4 is 0 Å². The van der Waals surface area contributed by atoms with Crippen molar-refractivity contribution in [2.24, 2.45) is 17.8 Å². The largest absolute Gasteiger partial charge is 0.462 e. The van der Waals surface area contributed by atoms with Crippen LogP contribution in [0.4, 0.5) is 0 Å². The highest BCUT2D eigenvalue weighted by Crippen LogP contribution is 2.37. The Labute approximate surface area is 314 Å². The van der Waals surface area contributed by atoms with Gasteiger partial charge in [-0.25, -0.2) is 0 Å². The highest BCUT2D eigenvalue weighted by atomic mass is 16.7. The zero-order valence-corrected chi connectivity index (χ0v) is 33.0. The van der Waals surface area contributed by atoms with Crippen LogP contribution in [-0.2, 0) is 47.5 Å². The predicted molar refractivity (Wildman–Crippen MR) is 191 cm³/mol. The molecule has 3 aliphatic rings. The summed E-state index contributed by atoms with van der Waals surface area (Å²) in [5, 5.41) is 45.5. The molecule has 0 aromatic heterocycles. The molecule has 0 aromatic rings. The first-order valence-electron chi connectivity index (χ1n) is 18.9. The van der Waals surface area contributed by atoms with E-state index in [4.69, 9.17) is 33.2 Å². The summed E-state index contributed by atoms with van der Waals surface area (Å²) in [4.78, 5) is 39.1. The Kier molecular flexibility index (Phi) is 17.3. The monoisotopic (exact) mass is 759 g/mol. The lowest BCUT2D eigenvalue weighted by atomic mass is 9.82. The number of ether oxygens (including phenoxy) is 7. The molecular formula is C38H65NO14. The molecule has 3 heterocycles. The second-order valence-electron chi connectivity index (χ2n) is 16.0. The molecule has 1 unspecified atom stereocenters. The Bertz CT molecular complexity index is 1200. The number of carbonyl (C=O) groups is 3. The summed E-state index contributed by atoms with van der Waals surface area (Å²) in [5.41, 5.74) is -1.48. The van der Waals surface area contributed by atoms with E-state index in [1.54, 1.807) is 58.8 Å². The highest BCUT2D eigenvalue weighted by Gasteiger charge is 2.52. The van der Waals surface area contributed by atoms with E-state index in [1.165, 1.54) is 7.11 Å². The number of aliphatic hydroxyl groups is 4.